The number of carboxylic acids is 1. The summed E-state index contributed by atoms with van der Waals surface area (Å²) in [5.41, 5.74) is 6.70. The van der Waals surface area contributed by atoms with Gasteiger partial charge in [-0.25, -0.2) is 4.39 Å². The lowest BCUT2D eigenvalue weighted by molar-refractivity contribution is -0.136. The van der Waals surface area contributed by atoms with E-state index in [9.17, 15) is 9.18 Å². The molecule has 4 nitrogen and oxygen atoms in total. The molecule has 2 aromatic carbocycles. The van der Waals surface area contributed by atoms with Gasteiger partial charge in [-0.1, -0.05) is 18.2 Å². The fraction of sp³-hybridized carbons (Fsp3) is 0.375. The molecular formula is C24H27FO4. The Kier molecular flexibility index (Phi) is 6.70. The van der Waals surface area contributed by atoms with Crippen LogP contribution in [0.2, 0.25) is 0 Å². The van der Waals surface area contributed by atoms with Crippen molar-refractivity contribution in [2.45, 2.75) is 40.0 Å². The van der Waals surface area contributed by atoms with Crippen molar-refractivity contribution in [3.63, 3.8) is 0 Å². The predicted molar refractivity (Wildman–Crippen MR) is 111 cm³/mol. The van der Waals surface area contributed by atoms with Gasteiger partial charge >= 0.3 is 5.97 Å². The second kappa shape index (κ2) is 9.23. The summed E-state index contributed by atoms with van der Waals surface area (Å²) >= 11 is 0. The van der Waals surface area contributed by atoms with Crippen LogP contribution in [-0.4, -0.2) is 30.9 Å². The highest BCUT2D eigenvalue weighted by Crippen LogP contribution is 2.30. The lowest BCUT2D eigenvalue weighted by atomic mass is 9.95. The van der Waals surface area contributed by atoms with Crippen LogP contribution in [0, 0.1) is 26.6 Å². The predicted octanol–water partition coefficient (Wildman–Crippen LogP) is 5.02. The highest BCUT2D eigenvalue weighted by Gasteiger charge is 2.17. The van der Waals surface area contributed by atoms with Gasteiger partial charge in [0, 0.05) is 6.42 Å². The average molecular weight is 398 g/mol. The van der Waals surface area contributed by atoms with Crippen molar-refractivity contribution in [1.82, 2.24) is 0 Å². The molecule has 1 aliphatic heterocycles. The summed E-state index contributed by atoms with van der Waals surface area (Å²) in [6.45, 7) is 7.19. The minimum Gasteiger partial charge on any atom is -0.489 e. The molecule has 0 saturated carbocycles. The highest BCUT2D eigenvalue weighted by atomic mass is 19.1. The van der Waals surface area contributed by atoms with E-state index in [0.29, 0.717) is 31.8 Å². The Labute approximate surface area is 171 Å². The van der Waals surface area contributed by atoms with Crippen molar-refractivity contribution >= 4 is 11.5 Å². The molecule has 5 heteroatoms. The van der Waals surface area contributed by atoms with Gasteiger partial charge in [0.2, 0.25) is 0 Å². The molecule has 1 N–H and O–H groups in total. The van der Waals surface area contributed by atoms with Gasteiger partial charge in [-0.2, -0.15) is 0 Å². The maximum Gasteiger partial charge on any atom is 0.303 e. The van der Waals surface area contributed by atoms with E-state index >= 15 is 0 Å². The van der Waals surface area contributed by atoms with Gasteiger partial charge in [0.25, 0.3) is 0 Å². The summed E-state index contributed by atoms with van der Waals surface area (Å²) < 4.78 is 25.8. The number of carboxylic acid groups (broad SMARTS) is 1. The van der Waals surface area contributed by atoms with Crippen LogP contribution >= 0.6 is 0 Å². The van der Waals surface area contributed by atoms with Crippen LogP contribution in [0.4, 0.5) is 4.39 Å². The maximum absolute atomic E-state index is 14.0. The first kappa shape index (κ1) is 21.1. The van der Waals surface area contributed by atoms with Crippen molar-refractivity contribution in [2.75, 3.05) is 19.8 Å². The summed E-state index contributed by atoms with van der Waals surface area (Å²) in [4.78, 5) is 10.8. The van der Waals surface area contributed by atoms with Crippen LogP contribution in [0.1, 0.15) is 40.7 Å². The first-order chi connectivity index (χ1) is 13.9. The summed E-state index contributed by atoms with van der Waals surface area (Å²) in [6, 6.07) is 9.17. The van der Waals surface area contributed by atoms with Crippen LogP contribution < -0.4 is 4.74 Å². The molecule has 1 aliphatic rings. The molecule has 0 atom stereocenters. The molecule has 29 heavy (non-hydrogen) atoms. The number of aryl methyl sites for hydroxylation is 2. The number of hydrogen-bond donors (Lipinski definition) is 1. The smallest absolute Gasteiger partial charge is 0.303 e. The molecule has 0 spiro atoms. The van der Waals surface area contributed by atoms with Gasteiger partial charge in [0.1, 0.15) is 18.2 Å². The van der Waals surface area contributed by atoms with Crippen LogP contribution in [0.15, 0.2) is 35.9 Å². The van der Waals surface area contributed by atoms with E-state index in [0.717, 1.165) is 45.6 Å². The van der Waals surface area contributed by atoms with Gasteiger partial charge in [-0.05, 0) is 84.7 Å². The Hall–Kier alpha value is -2.66. The molecule has 0 unspecified atom stereocenters. The van der Waals surface area contributed by atoms with Crippen molar-refractivity contribution < 1.29 is 23.8 Å². The van der Waals surface area contributed by atoms with E-state index in [1.54, 1.807) is 19.1 Å². The molecule has 0 saturated heterocycles. The third-order valence-electron chi connectivity index (χ3n) is 5.58. The first-order valence-electron chi connectivity index (χ1n) is 9.85. The highest BCUT2D eigenvalue weighted by molar-refractivity contribution is 5.70. The monoisotopic (exact) mass is 398 g/mol. The minimum atomic E-state index is -0.799. The molecule has 1 heterocycles. The van der Waals surface area contributed by atoms with Crippen molar-refractivity contribution in [2.24, 2.45) is 0 Å². The normalized spacial score (nSPS) is 14.2. The van der Waals surface area contributed by atoms with Crippen LogP contribution in [0.5, 0.6) is 5.75 Å². The van der Waals surface area contributed by atoms with E-state index in [1.165, 1.54) is 0 Å². The maximum atomic E-state index is 14.0. The average Bonchev–Trinajstić information content (AvgIpc) is 2.70. The van der Waals surface area contributed by atoms with E-state index < -0.39 is 5.97 Å². The summed E-state index contributed by atoms with van der Waals surface area (Å²) in [6.07, 6.45) is 1.35. The molecule has 0 radical (unpaired) electrons. The lowest BCUT2D eigenvalue weighted by Gasteiger charge is -2.22. The Balaban J connectivity index is 1.79. The molecule has 3 rings (SSSR count). The van der Waals surface area contributed by atoms with Crippen molar-refractivity contribution in [3.8, 4) is 5.75 Å². The number of hydrogen-bond acceptors (Lipinski definition) is 3. The lowest BCUT2D eigenvalue weighted by Crippen LogP contribution is -2.16. The third kappa shape index (κ3) is 5.04. The van der Waals surface area contributed by atoms with Gasteiger partial charge in [0.15, 0.2) is 0 Å². The zero-order valence-electron chi connectivity index (χ0n) is 17.2. The van der Waals surface area contributed by atoms with Gasteiger partial charge < -0.3 is 14.6 Å². The fourth-order valence-corrected chi connectivity index (χ4v) is 3.58. The van der Waals surface area contributed by atoms with E-state index in [-0.39, 0.29) is 12.2 Å². The van der Waals surface area contributed by atoms with Gasteiger partial charge in [0.05, 0.1) is 13.2 Å². The number of halogens is 1. The minimum absolute atomic E-state index is 0.112. The van der Waals surface area contributed by atoms with Crippen molar-refractivity contribution in [1.29, 1.82) is 0 Å². The van der Waals surface area contributed by atoms with E-state index in [2.05, 4.69) is 0 Å². The Morgan fingerprint density at radius 1 is 1.17 bits per heavy atom. The number of rotatable bonds is 7. The number of ether oxygens (including phenoxy) is 2. The quantitative estimate of drug-likeness (QED) is 0.711. The SMILES string of the molecule is Cc1ccc(C2=C(COc3ccc(CCC(=O)O)c(C)c3C)COCC2)cc1F. The standard InChI is InChI=1S/C24H27FO4/c1-15-4-5-19(12-22(15)25)21-10-11-28-13-20(21)14-29-23-8-6-18(7-9-24(26)27)16(2)17(23)3/h4-6,8,12H,7,9-11,13-14H2,1-3H3,(H,26,27). The Morgan fingerprint density at radius 2 is 1.97 bits per heavy atom. The second-order valence-corrected chi connectivity index (χ2v) is 7.50. The molecule has 0 amide bonds. The number of aliphatic carboxylic acids is 1. The third-order valence-corrected chi connectivity index (χ3v) is 5.58. The second-order valence-electron chi connectivity index (χ2n) is 7.50. The zero-order valence-corrected chi connectivity index (χ0v) is 17.2. The van der Waals surface area contributed by atoms with Crippen LogP contribution in [-0.2, 0) is 16.0 Å². The number of benzene rings is 2. The van der Waals surface area contributed by atoms with Crippen LogP contribution in [0.3, 0.4) is 0 Å². The molecule has 0 aliphatic carbocycles. The topological polar surface area (TPSA) is 55.8 Å². The largest absolute Gasteiger partial charge is 0.489 e. The van der Waals surface area contributed by atoms with E-state index in [4.69, 9.17) is 14.6 Å². The van der Waals surface area contributed by atoms with Crippen molar-refractivity contribution in [3.05, 3.63) is 69.5 Å². The summed E-state index contributed by atoms with van der Waals surface area (Å²) in [7, 11) is 0. The van der Waals surface area contributed by atoms with Crippen LogP contribution in [0.25, 0.3) is 5.57 Å². The number of carbonyl (C=O) groups is 1. The summed E-state index contributed by atoms with van der Waals surface area (Å²) in [5, 5.41) is 8.90. The summed E-state index contributed by atoms with van der Waals surface area (Å²) in [5.74, 6) is -0.231. The molecule has 154 valence electrons. The molecule has 0 bridgehead atoms. The molecule has 0 fully saturated rings. The zero-order chi connectivity index (χ0) is 21.0. The molecular weight excluding hydrogens is 371 g/mol. The molecule has 2 aromatic rings. The van der Waals surface area contributed by atoms with E-state index in [1.807, 2.05) is 32.0 Å². The van der Waals surface area contributed by atoms with Gasteiger partial charge in [-0.3, -0.25) is 4.79 Å². The first-order valence-corrected chi connectivity index (χ1v) is 9.85. The Bertz CT molecular complexity index is 946. The molecule has 0 aromatic heterocycles. The Morgan fingerprint density at radius 3 is 2.69 bits per heavy atom. The van der Waals surface area contributed by atoms with Gasteiger partial charge in [-0.15, -0.1) is 0 Å². The fourth-order valence-electron chi connectivity index (χ4n) is 3.58.